The maximum atomic E-state index is 7.42. The minimum Gasteiger partial charge on any atom is -0.490 e. The van der Waals surface area contributed by atoms with Gasteiger partial charge in [0.2, 0.25) is 0 Å². The summed E-state index contributed by atoms with van der Waals surface area (Å²) in [5, 5.41) is 7.42. The molecular weight excluding hydrogens is 212 g/mol. The summed E-state index contributed by atoms with van der Waals surface area (Å²) in [7, 11) is 1.60. The van der Waals surface area contributed by atoms with Crippen LogP contribution in [0.15, 0.2) is 23.1 Å². The molecule has 15 heavy (non-hydrogen) atoms. The summed E-state index contributed by atoms with van der Waals surface area (Å²) in [5.74, 6) is 0.514. The first kappa shape index (κ1) is 11.9. The van der Waals surface area contributed by atoms with Crippen LogP contribution in [0.3, 0.4) is 0 Å². The van der Waals surface area contributed by atoms with Gasteiger partial charge in [0.15, 0.2) is 0 Å². The zero-order valence-corrected chi connectivity index (χ0v) is 9.38. The van der Waals surface area contributed by atoms with Crippen molar-refractivity contribution >= 4 is 18.5 Å². The van der Waals surface area contributed by atoms with E-state index in [0.29, 0.717) is 29.4 Å². The molecular formula is C10H14N2O2S. The first-order valence-corrected chi connectivity index (χ1v) is 4.89. The van der Waals surface area contributed by atoms with Gasteiger partial charge < -0.3 is 15.2 Å². The Morgan fingerprint density at radius 2 is 2.20 bits per heavy atom. The zero-order chi connectivity index (χ0) is 11.3. The van der Waals surface area contributed by atoms with Crippen molar-refractivity contribution < 1.29 is 9.47 Å². The molecule has 0 spiro atoms. The second-order valence-electron chi connectivity index (χ2n) is 2.91. The van der Waals surface area contributed by atoms with E-state index in [1.165, 1.54) is 0 Å². The number of methoxy groups -OCH3 is 1. The van der Waals surface area contributed by atoms with Gasteiger partial charge in [0.25, 0.3) is 0 Å². The Bertz CT molecular complexity index is 355. The van der Waals surface area contributed by atoms with Crippen molar-refractivity contribution in [1.29, 1.82) is 5.41 Å². The van der Waals surface area contributed by atoms with Gasteiger partial charge in [-0.05, 0) is 12.1 Å². The molecule has 5 heteroatoms. The lowest BCUT2D eigenvalue weighted by molar-refractivity contribution is 0.146. The number of thiol groups is 1. The van der Waals surface area contributed by atoms with Crippen molar-refractivity contribution in [3.8, 4) is 5.75 Å². The fraction of sp³-hybridized carbons (Fsp3) is 0.300. The first-order chi connectivity index (χ1) is 7.16. The predicted molar refractivity (Wildman–Crippen MR) is 62.1 cm³/mol. The largest absolute Gasteiger partial charge is 0.490 e. The monoisotopic (exact) mass is 226 g/mol. The predicted octanol–water partition coefficient (Wildman–Crippen LogP) is 1.28. The fourth-order valence-electron chi connectivity index (χ4n) is 1.15. The summed E-state index contributed by atoms with van der Waals surface area (Å²) in [6.07, 6.45) is 0. The molecule has 0 aromatic heterocycles. The molecule has 0 aliphatic carbocycles. The SMILES string of the molecule is COCCOc1cccc(S)c1C(=N)N. The van der Waals surface area contributed by atoms with Crippen LogP contribution in [0, 0.1) is 5.41 Å². The highest BCUT2D eigenvalue weighted by atomic mass is 32.1. The molecule has 0 unspecified atom stereocenters. The molecule has 0 heterocycles. The Morgan fingerprint density at radius 3 is 2.80 bits per heavy atom. The second-order valence-corrected chi connectivity index (χ2v) is 3.39. The molecule has 0 aliphatic rings. The summed E-state index contributed by atoms with van der Waals surface area (Å²) in [5.41, 5.74) is 5.97. The molecule has 0 atom stereocenters. The quantitative estimate of drug-likeness (QED) is 0.307. The Kier molecular flexibility index (Phi) is 4.45. The van der Waals surface area contributed by atoms with E-state index in [1.807, 2.05) is 0 Å². The van der Waals surface area contributed by atoms with E-state index in [0.717, 1.165) is 0 Å². The van der Waals surface area contributed by atoms with Crippen molar-refractivity contribution in [2.75, 3.05) is 20.3 Å². The van der Waals surface area contributed by atoms with E-state index in [-0.39, 0.29) is 5.84 Å². The van der Waals surface area contributed by atoms with Gasteiger partial charge in [-0.25, -0.2) is 0 Å². The van der Waals surface area contributed by atoms with Crippen molar-refractivity contribution in [3.05, 3.63) is 23.8 Å². The van der Waals surface area contributed by atoms with E-state index in [9.17, 15) is 0 Å². The van der Waals surface area contributed by atoms with Gasteiger partial charge in [-0.15, -0.1) is 12.6 Å². The lowest BCUT2D eigenvalue weighted by Crippen LogP contribution is -2.15. The number of nitrogen functional groups attached to an aromatic ring is 1. The topological polar surface area (TPSA) is 68.3 Å². The Balaban J connectivity index is 2.86. The van der Waals surface area contributed by atoms with Gasteiger partial charge >= 0.3 is 0 Å². The molecule has 1 aromatic rings. The number of hydrogen-bond donors (Lipinski definition) is 3. The molecule has 1 rings (SSSR count). The Morgan fingerprint density at radius 1 is 1.47 bits per heavy atom. The molecule has 3 N–H and O–H groups in total. The van der Waals surface area contributed by atoms with Crippen molar-refractivity contribution in [1.82, 2.24) is 0 Å². The molecule has 82 valence electrons. The molecule has 1 aromatic carbocycles. The van der Waals surface area contributed by atoms with Gasteiger partial charge in [0.1, 0.15) is 18.2 Å². The summed E-state index contributed by atoms with van der Waals surface area (Å²) < 4.78 is 10.3. The zero-order valence-electron chi connectivity index (χ0n) is 8.49. The van der Waals surface area contributed by atoms with Crippen molar-refractivity contribution in [3.63, 3.8) is 0 Å². The standard InChI is InChI=1S/C10H14N2O2S/c1-13-5-6-14-7-3-2-4-8(15)9(7)10(11)12/h2-4,15H,5-6H2,1H3,(H3,11,12). The number of amidine groups is 1. The molecule has 0 aliphatic heterocycles. The molecule has 4 nitrogen and oxygen atoms in total. The minimum absolute atomic E-state index is 0.0481. The third-order valence-electron chi connectivity index (χ3n) is 1.82. The highest BCUT2D eigenvalue weighted by Crippen LogP contribution is 2.24. The van der Waals surface area contributed by atoms with Crippen LogP contribution in [-0.2, 0) is 4.74 Å². The Labute approximate surface area is 94.3 Å². The summed E-state index contributed by atoms with van der Waals surface area (Å²) in [4.78, 5) is 0.636. The van der Waals surface area contributed by atoms with Gasteiger partial charge in [0.05, 0.1) is 12.2 Å². The van der Waals surface area contributed by atoms with E-state index in [2.05, 4.69) is 12.6 Å². The maximum absolute atomic E-state index is 7.42. The second kappa shape index (κ2) is 5.63. The van der Waals surface area contributed by atoms with E-state index < -0.39 is 0 Å². The lowest BCUT2D eigenvalue weighted by atomic mass is 10.2. The fourth-order valence-corrected chi connectivity index (χ4v) is 1.46. The highest BCUT2D eigenvalue weighted by Gasteiger charge is 2.09. The molecule has 0 saturated heterocycles. The van der Waals surface area contributed by atoms with Crippen molar-refractivity contribution in [2.24, 2.45) is 5.73 Å². The molecule has 0 saturated carbocycles. The highest BCUT2D eigenvalue weighted by molar-refractivity contribution is 7.80. The average molecular weight is 226 g/mol. The normalized spacial score (nSPS) is 10.0. The smallest absolute Gasteiger partial charge is 0.131 e. The molecule has 0 amide bonds. The molecule has 0 bridgehead atoms. The number of ether oxygens (including phenoxy) is 2. The van der Waals surface area contributed by atoms with Crippen LogP contribution >= 0.6 is 12.6 Å². The number of hydrogen-bond acceptors (Lipinski definition) is 4. The van der Waals surface area contributed by atoms with Gasteiger partial charge in [0, 0.05) is 12.0 Å². The first-order valence-electron chi connectivity index (χ1n) is 4.45. The third-order valence-corrected chi connectivity index (χ3v) is 2.19. The van der Waals surface area contributed by atoms with Crippen LogP contribution in [0.1, 0.15) is 5.56 Å². The summed E-state index contributed by atoms with van der Waals surface area (Å²) in [6.45, 7) is 0.919. The summed E-state index contributed by atoms with van der Waals surface area (Å²) in [6, 6.07) is 5.33. The van der Waals surface area contributed by atoms with Gasteiger partial charge in [-0.1, -0.05) is 6.07 Å². The van der Waals surface area contributed by atoms with E-state index in [1.54, 1.807) is 25.3 Å². The van der Waals surface area contributed by atoms with E-state index >= 15 is 0 Å². The average Bonchev–Trinajstić information content (AvgIpc) is 2.17. The minimum atomic E-state index is -0.0481. The van der Waals surface area contributed by atoms with Crippen LogP contribution in [0.4, 0.5) is 0 Å². The number of nitrogens with one attached hydrogen (secondary N) is 1. The van der Waals surface area contributed by atoms with Gasteiger partial charge in [-0.2, -0.15) is 0 Å². The van der Waals surface area contributed by atoms with Crippen LogP contribution in [-0.4, -0.2) is 26.2 Å². The third kappa shape index (κ3) is 3.14. The molecule has 0 fully saturated rings. The van der Waals surface area contributed by atoms with Crippen LogP contribution in [0.25, 0.3) is 0 Å². The van der Waals surface area contributed by atoms with Crippen LogP contribution in [0.5, 0.6) is 5.75 Å². The van der Waals surface area contributed by atoms with Gasteiger partial charge in [-0.3, -0.25) is 5.41 Å². The Hall–Kier alpha value is -1.20. The molecule has 0 radical (unpaired) electrons. The summed E-state index contributed by atoms with van der Waals surface area (Å²) >= 11 is 4.22. The van der Waals surface area contributed by atoms with Crippen LogP contribution in [0.2, 0.25) is 0 Å². The van der Waals surface area contributed by atoms with Crippen LogP contribution < -0.4 is 10.5 Å². The number of benzene rings is 1. The lowest BCUT2D eigenvalue weighted by Gasteiger charge is -2.11. The van der Waals surface area contributed by atoms with Crippen molar-refractivity contribution in [2.45, 2.75) is 4.90 Å². The number of nitrogens with two attached hydrogens (primary N) is 1. The maximum Gasteiger partial charge on any atom is 0.131 e. The number of rotatable bonds is 5. The van der Waals surface area contributed by atoms with E-state index in [4.69, 9.17) is 20.6 Å².